The van der Waals surface area contributed by atoms with Crippen LogP contribution in [0.5, 0.6) is 0 Å². The molecule has 188 valence electrons. The minimum absolute atomic E-state index is 0.304. The standard InChI is InChI=1S/C28H40N6O/c1-4-6-24(25-7-5-14-33(25)21(2)3)29-12-10-22-19-27-26(11-13-30-34(27)20-22)31-15-17-32(18-16-31)28(35)23-8-9-23/h6,11-13,19-21,23,25H,4-5,7-10,14-18H2,1-3H3/b24-6-,29-12?/t25-/m0/s1. The molecule has 1 saturated carbocycles. The molecule has 0 radical (unpaired) electrons. The maximum absolute atomic E-state index is 12.4. The van der Waals surface area contributed by atoms with Gasteiger partial charge in [0.25, 0.3) is 0 Å². The third kappa shape index (κ3) is 5.30. The molecule has 2 aromatic rings. The Bertz CT molecular complexity index is 1090. The molecular weight excluding hydrogens is 436 g/mol. The number of hydrogen-bond donors (Lipinski definition) is 0. The van der Waals surface area contributed by atoms with Crippen molar-refractivity contribution >= 4 is 23.3 Å². The molecule has 2 aromatic heterocycles. The zero-order chi connectivity index (χ0) is 24.4. The van der Waals surface area contributed by atoms with E-state index in [1.807, 2.05) is 10.7 Å². The van der Waals surface area contributed by atoms with Crippen molar-refractivity contribution in [3.8, 4) is 0 Å². The lowest BCUT2D eigenvalue weighted by atomic mass is 10.1. The largest absolute Gasteiger partial charge is 0.366 e. The molecule has 0 bridgehead atoms. The van der Waals surface area contributed by atoms with Crippen LogP contribution in [-0.2, 0) is 11.2 Å². The van der Waals surface area contributed by atoms with E-state index >= 15 is 0 Å². The molecular formula is C28H40N6O. The van der Waals surface area contributed by atoms with Crippen LogP contribution in [0.25, 0.3) is 5.52 Å². The van der Waals surface area contributed by atoms with Gasteiger partial charge < -0.3 is 9.80 Å². The molecule has 0 aromatic carbocycles. The van der Waals surface area contributed by atoms with E-state index < -0.39 is 0 Å². The Labute approximate surface area is 209 Å². The molecule has 7 heteroatoms. The minimum atomic E-state index is 0.304. The van der Waals surface area contributed by atoms with Gasteiger partial charge in [-0.25, -0.2) is 4.52 Å². The molecule has 4 heterocycles. The van der Waals surface area contributed by atoms with E-state index in [9.17, 15) is 4.79 Å². The van der Waals surface area contributed by atoms with Crippen molar-refractivity contribution in [2.75, 3.05) is 37.6 Å². The second-order valence-electron chi connectivity index (χ2n) is 10.5. The summed E-state index contributed by atoms with van der Waals surface area (Å²) in [6.07, 6.45) is 14.8. The highest BCUT2D eigenvalue weighted by Crippen LogP contribution is 2.32. The molecule has 0 unspecified atom stereocenters. The molecule has 1 amide bonds. The second kappa shape index (κ2) is 10.5. The summed E-state index contributed by atoms with van der Waals surface area (Å²) in [5.74, 6) is 0.665. The number of rotatable bonds is 8. The van der Waals surface area contributed by atoms with Gasteiger partial charge in [-0.2, -0.15) is 5.10 Å². The van der Waals surface area contributed by atoms with Gasteiger partial charge in [0, 0.05) is 63.2 Å². The fourth-order valence-electron chi connectivity index (χ4n) is 5.65. The number of carbonyl (C=O) groups is 1. The summed E-state index contributed by atoms with van der Waals surface area (Å²) >= 11 is 0. The molecule has 0 spiro atoms. The number of aliphatic imine (C=N–C) groups is 1. The van der Waals surface area contributed by atoms with Gasteiger partial charge in [-0.15, -0.1) is 0 Å². The van der Waals surface area contributed by atoms with Gasteiger partial charge in [-0.1, -0.05) is 13.0 Å². The first-order valence-corrected chi connectivity index (χ1v) is 13.5. The number of allylic oxidation sites excluding steroid dienone is 1. The summed E-state index contributed by atoms with van der Waals surface area (Å²) in [7, 11) is 0. The van der Waals surface area contributed by atoms with E-state index in [4.69, 9.17) is 4.99 Å². The van der Waals surface area contributed by atoms with E-state index in [2.05, 4.69) is 71.2 Å². The lowest BCUT2D eigenvalue weighted by Crippen LogP contribution is -2.49. The van der Waals surface area contributed by atoms with Crippen molar-refractivity contribution in [3.63, 3.8) is 0 Å². The molecule has 2 saturated heterocycles. The van der Waals surface area contributed by atoms with Crippen LogP contribution in [0, 0.1) is 5.92 Å². The van der Waals surface area contributed by atoms with E-state index in [1.165, 1.54) is 36.3 Å². The Morgan fingerprint density at radius 3 is 2.69 bits per heavy atom. The lowest BCUT2D eigenvalue weighted by molar-refractivity contribution is -0.132. The number of anilines is 1. The molecule has 0 N–H and O–H groups in total. The van der Waals surface area contributed by atoms with Crippen LogP contribution < -0.4 is 4.90 Å². The molecule has 1 atom stereocenters. The van der Waals surface area contributed by atoms with Gasteiger partial charge >= 0.3 is 0 Å². The number of carbonyl (C=O) groups excluding carboxylic acids is 1. The number of piperazine rings is 1. The van der Waals surface area contributed by atoms with Crippen LogP contribution in [-0.4, -0.2) is 76.3 Å². The van der Waals surface area contributed by atoms with E-state index in [0.29, 0.717) is 23.9 Å². The third-order valence-electron chi connectivity index (χ3n) is 7.68. The van der Waals surface area contributed by atoms with E-state index in [-0.39, 0.29) is 0 Å². The van der Waals surface area contributed by atoms with Gasteiger partial charge in [-0.3, -0.25) is 14.7 Å². The Hall–Kier alpha value is -2.67. The minimum Gasteiger partial charge on any atom is -0.366 e. The van der Waals surface area contributed by atoms with Gasteiger partial charge in [0.15, 0.2) is 0 Å². The van der Waals surface area contributed by atoms with E-state index in [0.717, 1.165) is 57.4 Å². The normalized spacial score (nSPS) is 22.3. The number of likely N-dealkylation sites (tertiary alicyclic amines) is 1. The highest BCUT2D eigenvalue weighted by Gasteiger charge is 2.35. The smallest absolute Gasteiger partial charge is 0.225 e. The summed E-state index contributed by atoms with van der Waals surface area (Å²) in [6.45, 7) is 11.3. The Morgan fingerprint density at radius 1 is 1.17 bits per heavy atom. The van der Waals surface area contributed by atoms with Gasteiger partial charge in [0.2, 0.25) is 5.91 Å². The van der Waals surface area contributed by atoms with Gasteiger partial charge in [-0.05, 0) is 70.2 Å². The molecule has 5 rings (SSSR count). The fourth-order valence-corrected chi connectivity index (χ4v) is 5.65. The first-order chi connectivity index (χ1) is 17.0. The van der Waals surface area contributed by atoms with Crippen molar-refractivity contribution in [1.82, 2.24) is 19.4 Å². The fraction of sp³-hybridized carbons (Fsp3) is 0.607. The number of aromatic nitrogens is 2. The zero-order valence-electron chi connectivity index (χ0n) is 21.6. The maximum atomic E-state index is 12.4. The van der Waals surface area contributed by atoms with Crippen molar-refractivity contribution < 1.29 is 4.79 Å². The summed E-state index contributed by atoms with van der Waals surface area (Å²) in [4.78, 5) is 24.4. The van der Waals surface area contributed by atoms with Crippen LogP contribution in [0.2, 0.25) is 0 Å². The second-order valence-corrected chi connectivity index (χ2v) is 10.5. The molecule has 3 fully saturated rings. The average Bonchev–Trinajstić information content (AvgIpc) is 3.43. The SMILES string of the molecule is CC/C=C(\N=CCc1cc2c(N3CCN(C(=O)C4CC4)CC3)ccnn2c1)[C@@H]1CCCN1C(C)C. The van der Waals surface area contributed by atoms with E-state index in [1.54, 1.807) is 0 Å². The quantitative estimate of drug-likeness (QED) is 0.537. The Morgan fingerprint density at radius 2 is 1.97 bits per heavy atom. The van der Waals surface area contributed by atoms with Gasteiger partial charge in [0.1, 0.15) is 0 Å². The van der Waals surface area contributed by atoms with Crippen LogP contribution in [0.15, 0.2) is 41.3 Å². The summed E-state index contributed by atoms with van der Waals surface area (Å²) in [5, 5.41) is 4.56. The predicted octanol–water partition coefficient (Wildman–Crippen LogP) is 4.17. The monoisotopic (exact) mass is 476 g/mol. The van der Waals surface area contributed by atoms with Gasteiger partial charge in [0.05, 0.1) is 22.9 Å². The maximum Gasteiger partial charge on any atom is 0.225 e. The highest BCUT2D eigenvalue weighted by atomic mass is 16.2. The number of nitrogens with zero attached hydrogens (tertiary/aromatic N) is 6. The lowest BCUT2D eigenvalue weighted by Gasteiger charge is -2.36. The first kappa shape index (κ1) is 24.0. The van der Waals surface area contributed by atoms with Crippen LogP contribution in [0.4, 0.5) is 5.69 Å². The molecule has 7 nitrogen and oxygen atoms in total. The molecule has 2 aliphatic heterocycles. The van der Waals surface area contributed by atoms with Crippen molar-refractivity contribution in [1.29, 1.82) is 0 Å². The highest BCUT2D eigenvalue weighted by molar-refractivity contribution is 5.81. The summed E-state index contributed by atoms with van der Waals surface area (Å²) < 4.78 is 1.99. The van der Waals surface area contributed by atoms with Crippen molar-refractivity contribution in [2.45, 2.75) is 71.4 Å². The van der Waals surface area contributed by atoms with Crippen LogP contribution in [0.1, 0.15) is 58.4 Å². The molecule has 3 aliphatic rings. The number of fused-ring (bicyclic) bond motifs is 1. The predicted molar refractivity (Wildman–Crippen MR) is 142 cm³/mol. The average molecular weight is 477 g/mol. The van der Waals surface area contributed by atoms with Crippen LogP contribution in [0.3, 0.4) is 0 Å². The topological polar surface area (TPSA) is 56.4 Å². The first-order valence-electron chi connectivity index (χ1n) is 13.5. The zero-order valence-corrected chi connectivity index (χ0v) is 21.6. The summed E-state index contributed by atoms with van der Waals surface area (Å²) in [6, 6.07) is 5.34. The molecule has 1 aliphatic carbocycles. The van der Waals surface area contributed by atoms with Crippen molar-refractivity contribution in [2.24, 2.45) is 10.9 Å². The summed E-state index contributed by atoms with van der Waals surface area (Å²) in [5.41, 5.74) is 4.77. The third-order valence-corrected chi connectivity index (χ3v) is 7.68. The Kier molecular flexibility index (Phi) is 7.23. The molecule has 35 heavy (non-hydrogen) atoms. The number of hydrogen-bond acceptors (Lipinski definition) is 5. The Balaban J connectivity index is 1.26. The van der Waals surface area contributed by atoms with Crippen LogP contribution >= 0.6 is 0 Å². The number of amides is 1. The van der Waals surface area contributed by atoms with Crippen molar-refractivity contribution in [3.05, 3.63) is 41.9 Å².